The minimum absolute atomic E-state index is 0.0559. The normalized spacial score (nSPS) is 18.2. The molecule has 7 nitrogen and oxygen atoms in total. The molecule has 1 aromatic rings. The van der Waals surface area contributed by atoms with Gasteiger partial charge in [0.1, 0.15) is 11.9 Å². The van der Waals surface area contributed by atoms with Gasteiger partial charge in [-0.1, -0.05) is 11.6 Å². The summed E-state index contributed by atoms with van der Waals surface area (Å²) in [6.07, 6.45) is 1.39. The molecule has 2 N–H and O–H groups in total. The Labute approximate surface area is 144 Å². The molecule has 0 radical (unpaired) electrons. The van der Waals surface area contributed by atoms with E-state index in [9.17, 15) is 9.59 Å². The monoisotopic (exact) mass is 357 g/mol. The highest BCUT2D eigenvalue weighted by atomic mass is 35.5. The van der Waals surface area contributed by atoms with E-state index in [0.29, 0.717) is 12.3 Å². The van der Waals surface area contributed by atoms with Gasteiger partial charge < -0.3 is 24.6 Å². The molecule has 2 unspecified atom stereocenters. The first-order valence-corrected chi connectivity index (χ1v) is 8.01. The molecule has 1 aliphatic heterocycles. The first-order chi connectivity index (χ1) is 11.5. The summed E-state index contributed by atoms with van der Waals surface area (Å²) in [6.45, 7) is 2.30. The molecule has 8 heteroatoms. The van der Waals surface area contributed by atoms with Crippen molar-refractivity contribution in [3.05, 3.63) is 23.2 Å². The van der Waals surface area contributed by atoms with Crippen LogP contribution in [-0.2, 0) is 19.1 Å². The number of anilines is 1. The number of rotatable bonds is 8. The first kappa shape index (κ1) is 18.5. The van der Waals surface area contributed by atoms with Crippen LogP contribution in [0.3, 0.4) is 0 Å². The average Bonchev–Trinajstić information content (AvgIpc) is 3.05. The number of amides is 1. The lowest BCUT2D eigenvalue weighted by Gasteiger charge is -2.16. The fourth-order valence-electron chi connectivity index (χ4n) is 2.18. The molecule has 0 saturated carbocycles. The van der Waals surface area contributed by atoms with Gasteiger partial charge >= 0.3 is 5.97 Å². The molecule has 1 aliphatic rings. The minimum Gasteiger partial charge on any atom is -0.480 e. The van der Waals surface area contributed by atoms with E-state index in [1.54, 1.807) is 13.0 Å². The van der Waals surface area contributed by atoms with Crippen molar-refractivity contribution in [2.75, 3.05) is 25.1 Å². The third kappa shape index (κ3) is 5.67. The van der Waals surface area contributed by atoms with Gasteiger partial charge in [-0.05, 0) is 38.0 Å². The van der Waals surface area contributed by atoms with Gasteiger partial charge in [0, 0.05) is 12.3 Å². The molecule has 2 rings (SSSR count). The SMILES string of the molecule is CC(OCC1CCCO1)C(=O)Nc1ccc(OCC(=O)O)c(Cl)c1. The molecule has 2 atom stereocenters. The molecule has 0 aliphatic carbocycles. The smallest absolute Gasteiger partial charge is 0.341 e. The minimum atomic E-state index is -1.10. The van der Waals surface area contributed by atoms with Gasteiger partial charge in [-0.3, -0.25) is 4.79 Å². The number of carboxylic acid groups (broad SMARTS) is 1. The molecular formula is C16H20ClNO6. The highest BCUT2D eigenvalue weighted by molar-refractivity contribution is 6.32. The van der Waals surface area contributed by atoms with E-state index in [1.807, 2.05) is 0 Å². The van der Waals surface area contributed by atoms with Crippen LogP contribution in [0.15, 0.2) is 18.2 Å². The van der Waals surface area contributed by atoms with Gasteiger partial charge in [-0.15, -0.1) is 0 Å². The number of carbonyl (C=O) groups excluding carboxylic acids is 1. The molecule has 1 aromatic carbocycles. The Morgan fingerprint density at radius 1 is 1.50 bits per heavy atom. The van der Waals surface area contributed by atoms with E-state index in [-0.39, 0.29) is 22.8 Å². The molecule has 24 heavy (non-hydrogen) atoms. The van der Waals surface area contributed by atoms with Crippen LogP contribution in [0.1, 0.15) is 19.8 Å². The average molecular weight is 358 g/mol. The molecule has 1 fully saturated rings. The predicted molar refractivity (Wildman–Crippen MR) is 87.6 cm³/mol. The summed E-state index contributed by atoms with van der Waals surface area (Å²) in [5.74, 6) is -1.16. The zero-order valence-electron chi connectivity index (χ0n) is 13.3. The zero-order valence-corrected chi connectivity index (χ0v) is 14.0. The Hall–Kier alpha value is -1.83. The van der Waals surface area contributed by atoms with Crippen molar-refractivity contribution in [3.8, 4) is 5.75 Å². The van der Waals surface area contributed by atoms with E-state index in [4.69, 9.17) is 30.9 Å². The number of benzene rings is 1. The molecule has 0 aromatic heterocycles. The van der Waals surface area contributed by atoms with E-state index >= 15 is 0 Å². The van der Waals surface area contributed by atoms with Gasteiger partial charge in [0.2, 0.25) is 0 Å². The molecule has 1 heterocycles. The summed E-state index contributed by atoms with van der Waals surface area (Å²) in [5.41, 5.74) is 0.472. The molecular weight excluding hydrogens is 338 g/mol. The number of halogens is 1. The van der Waals surface area contributed by atoms with Crippen LogP contribution in [0.5, 0.6) is 5.75 Å². The quantitative estimate of drug-likeness (QED) is 0.741. The van der Waals surface area contributed by atoms with Crippen LogP contribution < -0.4 is 10.1 Å². The third-order valence-corrected chi connectivity index (χ3v) is 3.77. The van der Waals surface area contributed by atoms with Gasteiger partial charge in [0.25, 0.3) is 5.91 Å². The van der Waals surface area contributed by atoms with E-state index < -0.39 is 18.7 Å². The number of hydrogen-bond acceptors (Lipinski definition) is 5. The van der Waals surface area contributed by atoms with Gasteiger partial charge in [0.05, 0.1) is 17.7 Å². The number of nitrogens with one attached hydrogen (secondary N) is 1. The maximum Gasteiger partial charge on any atom is 0.341 e. The Morgan fingerprint density at radius 2 is 2.29 bits per heavy atom. The first-order valence-electron chi connectivity index (χ1n) is 7.64. The Balaban J connectivity index is 1.83. The Kier molecular flexibility index (Phi) is 6.84. The number of aliphatic carboxylic acids is 1. The number of hydrogen-bond donors (Lipinski definition) is 2. The van der Waals surface area contributed by atoms with Gasteiger partial charge in [-0.2, -0.15) is 0 Å². The molecule has 1 saturated heterocycles. The van der Waals surface area contributed by atoms with Crippen molar-refractivity contribution in [3.63, 3.8) is 0 Å². The predicted octanol–water partition coefficient (Wildman–Crippen LogP) is 2.33. The Bertz CT molecular complexity index is 588. The van der Waals surface area contributed by atoms with Crippen molar-refractivity contribution in [2.24, 2.45) is 0 Å². The standard InChI is InChI=1S/C16H20ClNO6/c1-10(23-8-12-3-2-6-22-12)16(21)18-11-4-5-14(13(17)7-11)24-9-15(19)20/h4-5,7,10,12H,2-3,6,8-9H2,1H3,(H,18,21)(H,19,20). The van der Waals surface area contributed by atoms with Crippen LogP contribution >= 0.6 is 11.6 Å². The second kappa shape index (κ2) is 8.86. The molecule has 132 valence electrons. The molecule has 0 bridgehead atoms. The summed E-state index contributed by atoms with van der Waals surface area (Å²) < 4.78 is 16.0. The summed E-state index contributed by atoms with van der Waals surface area (Å²) in [6, 6.07) is 4.57. The molecule has 1 amide bonds. The fourth-order valence-corrected chi connectivity index (χ4v) is 2.42. The van der Waals surface area contributed by atoms with E-state index in [1.165, 1.54) is 12.1 Å². The van der Waals surface area contributed by atoms with E-state index in [0.717, 1.165) is 19.4 Å². The highest BCUT2D eigenvalue weighted by Crippen LogP contribution is 2.27. The topological polar surface area (TPSA) is 94.1 Å². The van der Waals surface area contributed by atoms with Crippen molar-refractivity contribution >= 4 is 29.2 Å². The second-order valence-corrected chi connectivity index (χ2v) is 5.83. The lowest BCUT2D eigenvalue weighted by atomic mass is 10.2. The van der Waals surface area contributed by atoms with Crippen LogP contribution in [0.2, 0.25) is 5.02 Å². The van der Waals surface area contributed by atoms with Crippen LogP contribution in [0, 0.1) is 0 Å². The highest BCUT2D eigenvalue weighted by Gasteiger charge is 2.20. The van der Waals surface area contributed by atoms with Crippen molar-refractivity contribution in [1.82, 2.24) is 0 Å². The number of ether oxygens (including phenoxy) is 3. The lowest BCUT2D eigenvalue weighted by Crippen LogP contribution is -2.30. The van der Waals surface area contributed by atoms with Gasteiger partial charge in [-0.25, -0.2) is 4.79 Å². The third-order valence-electron chi connectivity index (χ3n) is 3.48. The van der Waals surface area contributed by atoms with Crippen LogP contribution in [0.25, 0.3) is 0 Å². The van der Waals surface area contributed by atoms with Crippen LogP contribution in [0.4, 0.5) is 5.69 Å². The second-order valence-electron chi connectivity index (χ2n) is 5.43. The lowest BCUT2D eigenvalue weighted by molar-refractivity contribution is -0.139. The fraction of sp³-hybridized carbons (Fsp3) is 0.500. The maximum absolute atomic E-state index is 12.1. The summed E-state index contributed by atoms with van der Waals surface area (Å²) >= 11 is 6.01. The number of carboxylic acids is 1. The Morgan fingerprint density at radius 3 is 2.92 bits per heavy atom. The van der Waals surface area contributed by atoms with Crippen molar-refractivity contribution < 1.29 is 28.9 Å². The van der Waals surface area contributed by atoms with E-state index in [2.05, 4.69) is 5.32 Å². The molecule has 0 spiro atoms. The summed E-state index contributed by atoms with van der Waals surface area (Å²) in [4.78, 5) is 22.6. The number of carbonyl (C=O) groups is 2. The van der Waals surface area contributed by atoms with Gasteiger partial charge in [0.15, 0.2) is 6.61 Å². The van der Waals surface area contributed by atoms with Crippen molar-refractivity contribution in [1.29, 1.82) is 0 Å². The summed E-state index contributed by atoms with van der Waals surface area (Å²) in [7, 11) is 0. The largest absolute Gasteiger partial charge is 0.480 e. The van der Waals surface area contributed by atoms with Crippen molar-refractivity contribution in [2.45, 2.75) is 32.0 Å². The zero-order chi connectivity index (χ0) is 17.5. The summed E-state index contributed by atoms with van der Waals surface area (Å²) in [5, 5.41) is 11.5. The maximum atomic E-state index is 12.1. The van der Waals surface area contributed by atoms with Crippen LogP contribution in [-0.4, -0.2) is 49.0 Å².